The van der Waals surface area contributed by atoms with E-state index in [1.54, 1.807) is 11.3 Å². The summed E-state index contributed by atoms with van der Waals surface area (Å²) in [4.78, 5) is 1.31. The molecule has 0 aliphatic heterocycles. The maximum atomic E-state index is 5.74. The first-order valence-corrected chi connectivity index (χ1v) is 7.72. The van der Waals surface area contributed by atoms with Crippen molar-refractivity contribution in [2.24, 2.45) is 11.8 Å². The highest BCUT2D eigenvalue weighted by Gasteiger charge is 2.44. The fraction of sp³-hybridized carbons (Fsp3) is 0.286. The lowest BCUT2D eigenvalue weighted by atomic mass is 10.0. The number of nitrogens with one attached hydrogen (secondary N) is 1. The third kappa shape index (κ3) is 2.38. The average molecular weight is 323 g/mol. The fourth-order valence-corrected chi connectivity index (χ4v) is 4.15. The molecule has 2 nitrogen and oxygen atoms in total. The number of halogens is 1. The highest BCUT2D eigenvalue weighted by atomic mass is 79.9. The second-order valence-corrected chi connectivity index (χ2v) is 6.59. The molecule has 1 heterocycles. The van der Waals surface area contributed by atoms with Gasteiger partial charge in [-0.2, -0.15) is 0 Å². The van der Waals surface area contributed by atoms with Gasteiger partial charge in [-0.15, -0.1) is 11.3 Å². The van der Waals surface area contributed by atoms with Crippen molar-refractivity contribution in [2.75, 3.05) is 0 Å². The lowest BCUT2D eigenvalue weighted by Crippen LogP contribution is -2.29. The van der Waals surface area contributed by atoms with Crippen LogP contribution < -0.4 is 11.3 Å². The highest BCUT2D eigenvalue weighted by molar-refractivity contribution is 9.10. The molecule has 94 valence electrons. The minimum absolute atomic E-state index is 0.270. The molecule has 3 rings (SSSR count). The first-order valence-electron chi connectivity index (χ1n) is 6.04. The molecule has 1 fully saturated rings. The Kier molecular flexibility index (Phi) is 3.52. The van der Waals surface area contributed by atoms with Crippen molar-refractivity contribution < 1.29 is 0 Å². The molecule has 3 unspecified atom stereocenters. The van der Waals surface area contributed by atoms with Gasteiger partial charge in [0.15, 0.2) is 0 Å². The molecule has 1 saturated carbocycles. The van der Waals surface area contributed by atoms with Crippen LogP contribution in [0.1, 0.15) is 28.8 Å². The number of thiophene rings is 1. The van der Waals surface area contributed by atoms with E-state index in [1.807, 2.05) is 0 Å². The highest BCUT2D eigenvalue weighted by Crippen LogP contribution is 2.54. The van der Waals surface area contributed by atoms with Crippen molar-refractivity contribution in [3.05, 3.63) is 56.7 Å². The molecule has 0 saturated heterocycles. The summed E-state index contributed by atoms with van der Waals surface area (Å²) in [6, 6.07) is 13.1. The molecule has 1 aromatic heterocycles. The van der Waals surface area contributed by atoms with Gasteiger partial charge in [-0.1, -0.05) is 30.3 Å². The quantitative estimate of drug-likeness (QED) is 0.663. The summed E-state index contributed by atoms with van der Waals surface area (Å²) in [5.41, 5.74) is 4.41. The summed E-state index contributed by atoms with van der Waals surface area (Å²) in [7, 11) is 0. The molecule has 0 amide bonds. The van der Waals surface area contributed by atoms with E-state index in [0.29, 0.717) is 11.8 Å². The minimum Gasteiger partial charge on any atom is -0.271 e. The summed E-state index contributed by atoms with van der Waals surface area (Å²) >= 11 is 5.26. The fourth-order valence-electron chi connectivity index (χ4n) is 2.57. The van der Waals surface area contributed by atoms with Crippen molar-refractivity contribution >= 4 is 27.3 Å². The Morgan fingerprint density at radius 1 is 1.33 bits per heavy atom. The topological polar surface area (TPSA) is 38.0 Å². The van der Waals surface area contributed by atoms with Crippen LogP contribution in [-0.2, 0) is 0 Å². The molecule has 0 radical (unpaired) electrons. The predicted molar refractivity (Wildman–Crippen MR) is 79.4 cm³/mol. The minimum atomic E-state index is 0.270. The Balaban J connectivity index is 1.76. The molecular formula is C14H15BrN2S. The number of hydrogen-bond acceptors (Lipinski definition) is 3. The van der Waals surface area contributed by atoms with E-state index in [4.69, 9.17) is 5.84 Å². The zero-order chi connectivity index (χ0) is 12.5. The Bertz CT molecular complexity index is 526. The van der Waals surface area contributed by atoms with Crippen LogP contribution in [0, 0.1) is 5.92 Å². The van der Waals surface area contributed by atoms with Gasteiger partial charge < -0.3 is 0 Å². The van der Waals surface area contributed by atoms with Crippen LogP contribution >= 0.6 is 27.3 Å². The zero-order valence-electron chi connectivity index (χ0n) is 9.84. The molecule has 1 aliphatic rings. The Hall–Kier alpha value is -0.680. The molecule has 18 heavy (non-hydrogen) atoms. The smallest absolute Gasteiger partial charge is 0.0587 e. The van der Waals surface area contributed by atoms with Gasteiger partial charge in [-0.3, -0.25) is 11.3 Å². The van der Waals surface area contributed by atoms with E-state index in [-0.39, 0.29) is 6.04 Å². The maximum Gasteiger partial charge on any atom is 0.0587 e. The van der Waals surface area contributed by atoms with E-state index >= 15 is 0 Å². The number of hydrogen-bond donors (Lipinski definition) is 2. The van der Waals surface area contributed by atoms with Gasteiger partial charge >= 0.3 is 0 Å². The molecular weight excluding hydrogens is 308 g/mol. The molecule has 0 spiro atoms. The Morgan fingerprint density at radius 3 is 2.72 bits per heavy atom. The van der Waals surface area contributed by atoms with Gasteiger partial charge in [0.1, 0.15) is 0 Å². The third-order valence-corrected chi connectivity index (χ3v) is 5.35. The van der Waals surface area contributed by atoms with Gasteiger partial charge in [0.25, 0.3) is 0 Å². The van der Waals surface area contributed by atoms with Gasteiger partial charge in [-0.05, 0) is 45.8 Å². The van der Waals surface area contributed by atoms with Crippen molar-refractivity contribution in [3.8, 4) is 0 Å². The predicted octanol–water partition coefficient (Wildman–Crippen LogP) is 3.82. The van der Waals surface area contributed by atoms with Crippen LogP contribution in [0.2, 0.25) is 0 Å². The largest absolute Gasteiger partial charge is 0.271 e. The molecule has 0 bridgehead atoms. The molecule has 1 aliphatic carbocycles. The monoisotopic (exact) mass is 322 g/mol. The van der Waals surface area contributed by atoms with Crippen LogP contribution in [0.4, 0.5) is 0 Å². The number of nitrogens with two attached hydrogens (primary N) is 1. The summed E-state index contributed by atoms with van der Waals surface area (Å²) in [6.07, 6.45) is 1.22. The van der Waals surface area contributed by atoms with Gasteiger partial charge in [0, 0.05) is 14.7 Å². The third-order valence-electron chi connectivity index (χ3n) is 3.57. The SMILES string of the molecule is NNC(c1cc(Br)cs1)C1CC1c1ccccc1. The Morgan fingerprint density at radius 2 is 2.11 bits per heavy atom. The van der Waals surface area contributed by atoms with E-state index in [2.05, 4.69) is 63.1 Å². The van der Waals surface area contributed by atoms with Crippen molar-refractivity contribution in [1.29, 1.82) is 0 Å². The first kappa shape index (κ1) is 12.4. The molecule has 3 N–H and O–H groups in total. The lowest BCUT2D eigenvalue weighted by molar-refractivity contribution is 0.495. The molecule has 1 aromatic carbocycles. The van der Waals surface area contributed by atoms with Gasteiger partial charge in [0.05, 0.1) is 6.04 Å². The second kappa shape index (κ2) is 5.13. The first-order chi connectivity index (χ1) is 8.79. The number of hydrazine groups is 1. The normalized spacial score (nSPS) is 23.9. The van der Waals surface area contributed by atoms with Crippen molar-refractivity contribution in [1.82, 2.24) is 5.43 Å². The van der Waals surface area contributed by atoms with Crippen LogP contribution in [-0.4, -0.2) is 0 Å². The summed E-state index contributed by atoms with van der Waals surface area (Å²) < 4.78 is 1.14. The molecule has 4 heteroatoms. The van der Waals surface area contributed by atoms with E-state index in [1.165, 1.54) is 16.9 Å². The van der Waals surface area contributed by atoms with E-state index in [9.17, 15) is 0 Å². The van der Waals surface area contributed by atoms with Gasteiger partial charge in [-0.25, -0.2) is 0 Å². The summed E-state index contributed by atoms with van der Waals surface area (Å²) in [5, 5.41) is 2.11. The van der Waals surface area contributed by atoms with Crippen LogP contribution in [0.25, 0.3) is 0 Å². The second-order valence-electron chi connectivity index (χ2n) is 4.73. The standard InChI is InChI=1S/C14H15BrN2S/c15-10-6-13(18-8-10)14(17-16)12-7-11(12)9-4-2-1-3-5-9/h1-6,8,11-12,14,17H,7,16H2. The number of benzene rings is 1. The average Bonchev–Trinajstić information content (AvgIpc) is 3.07. The van der Waals surface area contributed by atoms with Crippen LogP contribution in [0.5, 0.6) is 0 Å². The number of rotatable bonds is 4. The Labute approximate surface area is 119 Å². The van der Waals surface area contributed by atoms with Crippen LogP contribution in [0.15, 0.2) is 46.3 Å². The van der Waals surface area contributed by atoms with E-state index in [0.717, 1.165) is 4.47 Å². The summed E-state index contributed by atoms with van der Waals surface area (Å²) in [6.45, 7) is 0. The molecule has 3 atom stereocenters. The summed E-state index contributed by atoms with van der Waals surface area (Å²) in [5.74, 6) is 7.00. The lowest BCUT2D eigenvalue weighted by Gasteiger charge is -2.14. The van der Waals surface area contributed by atoms with Gasteiger partial charge in [0.2, 0.25) is 0 Å². The zero-order valence-corrected chi connectivity index (χ0v) is 12.2. The van der Waals surface area contributed by atoms with Crippen molar-refractivity contribution in [2.45, 2.75) is 18.4 Å². The maximum absolute atomic E-state index is 5.74. The van der Waals surface area contributed by atoms with Crippen molar-refractivity contribution in [3.63, 3.8) is 0 Å². The van der Waals surface area contributed by atoms with Crippen LogP contribution in [0.3, 0.4) is 0 Å². The molecule has 2 aromatic rings. The van der Waals surface area contributed by atoms with E-state index < -0.39 is 0 Å².